The molecule has 0 unspecified atom stereocenters. The van der Waals surface area contributed by atoms with Crippen molar-refractivity contribution in [1.29, 1.82) is 5.26 Å². The summed E-state index contributed by atoms with van der Waals surface area (Å²) >= 11 is 0. The third kappa shape index (κ3) is 4.86. The molecule has 6 nitrogen and oxygen atoms in total. The Bertz CT molecular complexity index is 982. The van der Waals surface area contributed by atoms with Crippen LogP contribution in [-0.4, -0.2) is 22.4 Å². The molecule has 0 aliphatic carbocycles. The molecule has 2 aromatic carbocycles. The van der Waals surface area contributed by atoms with Crippen molar-refractivity contribution in [1.82, 2.24) is 9.97 Å². The van der Waals surface area contributed by atoms with E-state index >= 15 is 0 Å². The second-order valence-corrected chi connectivity index (χ2v) is 5.70. The first-order valence-corrected chi connectivity index (χ1v) is 8.26. The molecule has 0 saturated heterocycles. The number of nitrogens with one attached hydrogen (secondary N) is 2. The van der Waals surface area contributed by atoms with E-state index in [9.17, 15) is 9.18 Å². The van der Waals surface area contributed by atoms with Crippen molar-refractivity contribution >= 4 is 17.4 Å². The van der Waals surface area contributed by atoms with Crippen LogP contribution in [0, 0.1) is 17.1 Å². The van der Waals surface area contributed by atoms with Crippen LogP contribution in [0.2, 0.25) is 0 Å². The molecule has 0 fully saturated rings. The van der Waals surface area contributed by atoms with Crippen LogP contribution in [-0.2, 0) is 6.42 Å². The van der Waals surface area contributed by atoms with Gasteiger partial charge in [-0.2, -0.15) is 5.26 Å². The summed E-state index contributed by atoms with van der Waals surface area (Å²) < 4.78 is 13.6. The van der Waals surface area contributed by atoms with Crippen LogP contribution >= 0.6 is 0 Å². The van der Waals surface area contributed by atoms with E-state index in [4.69, 9.17) is 5.26 Å². The fourth-order valence-electron chi connectivity index (χ4n) is 2.42. The zero-order valence-corrected chi connectivity index (χ0v) is 14.3. The van der Waals surface area contributed by atoms with Gasteiger partial charge in [-0.3, -0.25) is 4.79 Å². The maximum absolute atomic E-state index is 13.6. The van der Waals surface area contributed by atoms with Crippen molar-refractivity contribution in [3.8, 4) is 6.07 Å². The van der Waals surface area contributed by atoms with Gasteiger partial charge < -0.3 is 10.6 Å². The van der Waals surface area contributed by atoms with E-state index < -0.39 is 5.91 Å². The van der Waals surface area contributed by atoms with E-state index in [-0.39, 0.29) is 11.5 Å². The number of amides is 1. The predicted octanol–water partition coefficient (Wildman–Crippen LogP) is 3.39. The first kappa shape index (κ1) is 18.0. The van der Waals surface area contributed by atoms with Crippen molar-refractivity contribution in [3.63, 3.8) is 0 Å². The lowest BCUT2D eigenvalue weighted by Gasteiger charge is -2.07. The summed E-state index contributed by atoms with van der Waals surface area (Å²) in [5.74, 6) is -0.164. The number of benzene rings is 2. The molecule has 1 amide bonds. The van der Waals surface area contributed by atoms with E-state index in [1.54, 1.807) is 42.5 Å². The Kier molecular flexibility index (Phi) is 5.70. The molecule has 134 valence electrons. The Morgan fingerprint density at radius 3 is 2.70 bits per heavy atom. The third-order valence-corrected chi connectivity index (χ3v) is 3.79. The minimum Gasteiger partial charge on any atom is -0.368 e. The van der Waals surface area contributed by atoms with Crippen LogP contribution in [0.4, 0.5) is 15.9 Å². The molecule has 0 radical (unpaired) electrons. The molecule has 2 N–H and O–H groups in total. The number of anilines is 2. The standard InChI is InChI=1S/C20H16FN5O/c21-17-7-2-1-5-15(17)8-9-23-19-13-24-18(12-25-19)20(27)26-16-6-3-4-14(10-16)11-22/h1-7,10,12-13H,8-9H2,(H,23,25)(H,26,27). The van der Waals surface area contributed by atoms with Crippen molar-refractivity contribution in [3.05, 3.63) is 83.6 Å². The highest BCUT2D eigenvalue weighted by Gasteiger charge is 2.09. The van der Waals surface area contributed by atoms with E-state index in [0.29, 0.717) is 35.6 Å². The summed E-state index contributed by atoms with van der Waals surface area (Å²) in [6.07, 6.45) is 3.31. The SMILES string of the molecule is N#Cc1cccc(NC(=O)c2cnc(NCCc3ccccc3F)cn2)c1. The molecular formula is C20H16FN5O. The van der Waals surface area contributed by atoms with Crippen LogP contribution in [0.25, 0.3) is 0 Å². The quantitative estimate of drug-likeness (QED) is 0.702. The summed E-state index contributed by atoms with van der Waals surface area (Å²) in [5.41, 5.74) is 1.73. The molecule has 3 rings (SSSR count). The highest BCUT2D eigenvalue weighted by atomic mass is 19.1. The van der Waals surface area contributed by atoms with Gasteiger partial charge in [-0.15, -0.1) is 0 Å². The fourth-order valence-corrected chi connectivity index (χ4v) is 2.42. The predicted molar refractivity (Wildman–Crippen MR) is 99.7 cm³/mol. The minimum absolute atomic E-state index is 0.150. The normalized spacial score (nSPS) is 10.1. The molecule has 0 spiro atoms. The van der Waals surface area contributed by atoms with Gasteiger partial charge in [-0.1, -0.05) is 24.3 Å². The van der Waals surface area contributed by atoms with Gasteiger partial charge in [0.25, 0.3) is 5.91 Å². The van der Waals surface area contributed by atoms with E-state index in [1.807, 2.05) is 6.07 Å². The third-order valence-electron chi connectivity index (χ3n) is 3.79. The zero-order chi connectivity index (χ0) is 19.1. The minimum atomic E-state index is -0.421. The van der Waals surface area contributed by atoms with Crippen molar-refractivity contribution in [2.45, 2.75) is 6.42 Å². The van der Waals surface area contributed by atoms with E-state index in [2.05, 4.69) is 20.6 Å². The fraction of sp³-hybridized carbons (Fsp3) is 0.100. The number of hydrogen-bond donors (Lipinski definition) is 2. The van der Waals surface area contributed by atoms with Crippen LogP contribution in [0.1, 0.15) is 21.6 Å². The van der Waals surface area contributed by atoms with Crippen molar-refractivity contribution in [2.75, 3.05) is 17.2 Å². The lowest BCUT2D eigenvalue weighted by Crippen LogP contribution is -2.15. The second kappa shape index (κ2) is 8.54. The van der Waals surface area contributed by atoms with Crippen molar-refractivity contribution in [2.24, 2.45) is 0 Å². The number of rotatable bonds is 6. The smallest absolute Gasteiger partial charge is 0.275 e. The monoisotopic (exact) mass is 361 g/mol. The Morgan fingerprint density at radius 2 is 1.96 bits per heavy atom. The molecule has 0 bridgehead atoms. The molecule has 0 saturated carbocycles. The summed E-state index contributed by atoms with van der Waals surface area (Å²) in [4.78, 5) is 20.4. The molecule has 0 atom stereocenters. The Hall–Kier alpha value is -3.79. The van der Waals surface area contributed by atoms with E-state index in [1.165, 1.54) is 18.5 Å². The van der Waals surface area contributed by atoms with Gasteiger partial charge in [0.05, 0.1) is 24.0 Å². The number of halogens is 1. The maximum Gasteiger partial charge on any atom is 0.275 e. The Labute approximate surface area is 155 Å². The van der Waals surface area contributed by atoms with Gasteiger partial charge in [-0.25, -0.2) is 14.4 Å². The zero-order valence-electron chi connectivity index (χ0n) is 14.3. The van der Waals surface area contributed by atoms with Crippen LogP contribution in [0.3, 0.4) is 0 Å². The molecule has 7 heteroatoms. The molecule has 0 aliphatic rings. The summed E-state index contributed by atoms with van der Waals surface area (Å²) in [7, 11) is 0. The Morgan fingerprint density at radius 1 is 1.11 bits per heavy atom. The average Bonchev–Trinajstić information content (AvgIpc) is 2.70. The van der Waals surface area contributed by atoms with E-state index in [0.717, 1.165) is 0 Å². The van der Waals surface area contributed by atoms with Gasteiger partial charge in [0.15, 0.2) is 0 Å². The van der Waals surface area contributed by atoms with Gasteiger partial charge in [0.2, 0.25) is 0 Å². The highest BCUT2D eigenvalue weighted by molar-refractivity contribution is 6.02. The summed E-state index contributed by atoms with van der Waals surface area (Å²) in [6.45, 7) is 0.488. The lowest BCUT2D eigenvalue weighted by atomic mass is 10.1. The average molecular weight is 361 g/mol. The van der Waals surface area contributed by atoms with Gasteiger partial charge in [0.1, 0.15) is 17.3 Å². The van der Waals surface area contributed by atoms with Crippen LogP contribution in [0.15, 0.2) is 60.9 Å². The second-order valence-electron chi connectivity index (χ2n) is 5.70. The van der Waals surface area contributed by atoms with Gasteiger partial charge >= 0.3 is 0 Å². The molecular weight excluding hydrogens is 345 g/mol. The topological polar surface area (TPSA) is 90.7 Å². The van der Waals surface area contributed by atoms with Gasteiger partial charge in [0, 0.05) is 12.2 Å². The summed E-state index contributed by atoms with van der Waals surface area (Å²) in [5, 5.41) is 14.6. The number of nitrogens with zero attached hydrogens (tertiary/aromatic N) is 3. The number of nitriles is 1. The first-order valence-electron chi connectivity index (χ1n) is 8.26. The lowest BCUT2D eigenvalue weighted by molar-refractivity contribution is 0.102. The molecule has 0 aliphatic heterocycles. The number of aromatic nitrogens is 2. The number of hydrogen-bond acceptors (Lipinski definition) is 5. The van der Waals surface area contributed by atoms with Crippen LogP contribution < -0.4 is 10.6 Å². The van der Waals surface area contributed by atoms with Crippen LogP contribution in [0.5, 0.6) is 0 Å². The largest absolute Gasteiger partial charge is 0.368 e. The van der Waals surface area contributed by atoms with Crippen molar-refractivity contribution < 1.29 is 9.18 Å². The number of carbonyl (C=O) groups is 1. The first-order chi connectivity index (χ1) is 13.2. The summed E-state index contributed by atoms with van der Waals surface area (Å²) in [6, 6.07) is 15.2. The van der Waals surface area contributed by atoms with Gasteiger partial charge in [-0.05, 0) is 36.2 Å². The molecule has 1 aromatic heterocycles. The highest BCUT2D eigenvalue weighted by Crippen LogP contribution is 2.12. The molecule has 1 heterocycles. The number of carbonyl (C=O) groups excluding carboxylic acids is 1. The molecule has 3 aromatic rings. The Balaban J connectivity index is 1.55. The molecule has 27 heavy (non-hydrogen) atoms. The maximum atomic E-state index is 13.6.